The van der Waals surface area contributed by atoms with Crippen molar-refractivity contribution in [1.82, 2.24) is 9.21 Å². The highest BCUT2D eigenvalue weighted by Crippen LogP contribution is 2.21. The maximum absolute atomic E-state index is 13.0. The molecule has 0 aromatic heterocycles. The monoisotopic (exact) mass is 419 g/mol. The topological polar surface area (TPSA) is 69.7 Å². The Kier molecular flexibility index (Phi) is 6.36. The molecule has 29 heavy (non-hydrogen) atoms. The smallest absolute Gasteiger partial charge is 0.243 e. The third-order valence-corrected chi connectivity index (χ3v) is 7.32. The van der Waals surface area contributed by atoms with Crippen LogP contribution in [-0.4, -0.2) is 55.8 Å². The zero-order chi connectivity index (χ0) is 21.2. The van der Waals surface area contributed by atoms with Gasteiger partial charge in [0.05, 0.1) is 10.9 Å². The fourth-order valence-electron chi connectivity index (χ4n) is 3.30. The molecule has 0 radical (unpaired) electrons. The van der Waals surface area contributed by atoms with Crippen LogP contribution >= 0.6 is 0 Å². The Labute approximate surface area is 171 Å². The van der Waals surface area contributed by atoms with E-state index in [9.17, 15) is 17.6 Å². The lowest BCUT2D eigenvalue weighted by Crippen LogP contribution is -2.53. The minimum Gasteiger partial charge on any atom is -0.325 e. The van der Waals surface area contributed by atoms with Crippen molar-refractivity contribution < 1.29 is 17.6 Å². The Hall–Kier alpha value is -2.29. The summed E-state index contributed by atoms with van der Waals surface area (Å²) in [6, 6.07) is 10.3. The number of nitrogens with zero attached hydrogens (tertiary/aromatic N) is 2. The first kappa shape index (κ1) is 21.4. The molecule has 8 heteroatoms. The highest BCUT2D eigenvalue weighted by Gasteiger charge is 2.32. The molecule has 1 aliphatic heterocycles. The Bertz CT molecular complexity index is 985. The van der Waals surface area contributed by atoms with Crippen molar-refractivity contribution in [1.29, 1.82) is 0 Å². The van der Waals surface area contributed by atoms with Crippen molar-refractivity contribution in [3.63, 3.8) is 0 Å². The number of halogens is 1. The van der Waals surface area contributed by atoms with E-state index in [1.165, 1.54) is 28.6 Å². The number of amides is 1. The van der Waals surface area contributed by atoms with Gasteiger partial charge in [0, 0.05) is 31.9 Å². The van der Waals surface area contributed by atoms with E-state index < -0.39 is 16.1 Å². The quantitative estimate of drug-likeness (QED) is 0.809. The molecule has 0 bridgehead atoms. The molecule has 1 aliphatic rings. The van der Waals surface area contributed by atoms with E-state index in [0.717, 1.165) is 11.1 Å². The number of carbonyl (C=O) groups is 1. The molecule has 1 N–H and O–H groups in total. The number of sulfonamides is 1. The van der Waals surface area contributed by atoms with Crippen LogP contribution in [0, 0.1) is 19.7 Å². The van der Waals surface area contributed by atoms with Crippen molar-refractivity contribution >= 4 is 21.6 Å². The van der Waals surface area contributed by atoms with Gasteiger partial charge in [0.15, 0.2) is 0 Å². The molecule has 0 spiro atoms. The van der Waals surface area contributed by atoms with E-state index in [0.29, 0.717) is 36.8 Å². The third-order valence-electron chi connectivity index (χ3n) is 5.43. The number of aryl methyl sites for hydroxylation is 2. The third kappa shape index (κ3) is 4.83. The van der Waals surface area contributed by atoms with Gasteiger partial charge in [-0.2, -0.15) is 4.31 Å². The van der Waals surface area contributed by atoms with Crippen molar-refractivity contribution in [3.05, 3.63) is 59.4 Å². The Morgan fingerprint density at radius 2 is 1.62 bits per heavy atom. The standard InChI is InChI=1S/C21H26FN3O3S/c1-15-4-9-20(14-16(15)2)29(27,28)25-12-10-24(11-13-25)17(3)21(26)23-19-7-5-18(22)6-8-19/h4-9,14,17H,10-13H2,1-3H3,(H,23,26)/t17-/m1/s1. The van der Waals surface area contributed by atoms with Crippen molar-refractivity contribution in [2.24, 2.45) is 0 Å². The van der Waals surface area contributed by atoms with Crippen molar-refractivity contribution in [2.75, 3.05) is 31.5 Å². The first-order valence-electron chi connectivity index (χ1n) is 9.56. The van der Waals surface area contributed by atoms with E-state index >= 15 is 0 Å². The highest BCUT2D eigenvalue weighted by molar-refractivity contribution is 7.89. The molecule has 0 unspecified atom stereocenters. The van der Waals surface area contributed by atoms with Crippen LogP contribution in [0.1, 0.15) is 18.1 Å². The van der Waals surface area contributed by atoms with Gasteiger partial charge in [-0.25, -0.2) is 12.8 Å². The summed E-state index contributed by atoms with van der Waals surface area (Å²) in [5.41, 5.74) is 2.52. The minimum absolute atomic E-state index is 0.206. The lowest BCUT2D eigenvalue weighted by molar-refractivity contribution is -0.121. The van der Waals surface area contributed by atoms with Crippen LogP contribution in [0.3, 0.4) is 0 Å². The first-order chi connectivity index (χ1) is 13.7. The molecule has 2 aromatic rings. The summed E-state index contributed by atoms with van der Waals surface area (Å²) in [6.45, 7) is 7.19. The predicted octanol–water partition coefficient (Wildman–Crippen LogP) is 2.78. The van der Waals surface area contributed by atoms with Crippen LogP contribution in [-0.2, 0) is 14.8 Å². The molecule has 0 saturated carbocycles. The fourth-order valence-corrected chi connectivity index (χ4v) is 4.81. The summed E-state index contributed by atoms with van der Waals surface area (Å²) in [4.78, 5) is 14.7. The number of carbonyl (C=O) groups excluding carboxylic acids is 1. The molecule has 1 fully saturated rings. The number of anilines is 1. The molecule has 1 heterocycles. The van der Waals surface area contributed by atoms with Gasteiger partial charge in [-0.3, -0.25) is 9.69 Å². The second kappa shape index (κ2) is 8.61. The Balaban J connectivity index is 1.61. The molecular formula is C21H26FN3O3S. The number of piperazine rings is 1. The average molecular weight is 420 g/mol. The number of nitrogens with one attached hydrogen (secondary N) is 1. The maximum atomic E-state index is 13.0. The van der Waals surface area contributed by atoms with Gasteiger partial charge in [-0.15, -0.1) is 0 Å². The zero-order valence-electron chi connectivity index (χ0n) is 16.9. The number of rotatable bonds is 5. The summed E-state index contributed by atoms with van der Waals surface area (Å²) in [5, 5.41) is 2.77. The van der Waals surface area contributed by atoms with Crippen molar-refractivity contribution in [3.8, 4) is 0 Å². The van der Waals surface area contributed by atoms with Gasteiger partial charge in [-0.05, 0) is 68.3 Å². The molecule has 156 valence electrons. The zero-order valence-corrected chi connectivity index (χ0v) is 17.7. The van der Waals surface area contributed by atoms with Crippen LogP contribution in [0.25, 0.3) is 0 Å². The number of benzene rings is 2. The Morgan fingerprint density at radius 1 is 1.00 bits per heavy atom. The second-order valence-corrected chi connectivity index (χ2v) is 9.30. The van der Waals surface area contributed by atoms with E-state index in [4.69, 9.17) is 0 Å². The van der Waals surface area contributed by atoms with E-state index in [-0.39, 0.29) is 11.7 Å². The second-order valence-electron chi connectivity index (χ2n) is 7.36. The van der Waals surface area contributed by atoms with E-state index in [1.54, 1.807) is 19.1 Å². The molecule has 1 saturated heterocycles. The van der Waals surface area contributed by atoms with Gasteiger partial charge in [-0.1, -0.05) is 6.07 Å². The molecular weight excluding hydrogens is 393 g/mol. The average Bonchev–Trinajstić information content (AvgIpc) is 2.71. The largest absolute Gasteiger partial charge is 0.325 e. The van der Waals surface area contributed by atoms with Crippen LogP contribution < -0.4 is 5.32 Å². The summed E-state index contributed by atoms with van der Waals surface area (Å²) >= 11 is 0. The summed E-state index contributed by atoms with van der Waals surface area (Å²) < 4.78 is 40.3. The molecule has 1 atom stereocenters. The fraction of sp³-hybridized carbons (Fsp3) is 0.381. The molecule has 0 aliphatic carbocycles. The minimum atomic E-state index is -3.55. The lowest BCUT2D eigenvalue weighted by Gasteiger charge is -2.36. The molecule has 2 aromatic carbocycles. The molecule has 1 amide bonds. The van der Waals surface area contributed by atoms with Crippen LogP contribution in [0.15, 0.2) is 47.4 Å². The van der Waals surface area contributed by atoms with Gasteiger partial charge >= 0.3 is 0 Å². The van der Waals surface area contributed by atoms with Crippen LogP contribution in [0.2, 0.25) is 0 Å². The van der Waals surface area contributed by atoms with Gasteiger partial charge in [0.25, 0.3) is 0 Å². The summed E-state index contributed by atoms with van der Waals surface area (Å²) in [5.74, 6) is -0.570. The molecule has 3 rings (SSSR count). The summed E-state index contributed by atoms with van der Waals surface area (Å²) in [6.07, 6.45) is 0. The van der Waals surface area contributed by atoms with Crippen LogP contribution in [0.5, 0.6) is 0 Å². The molecule has 6 nitrogen and oxygen atoms in total. The van der Waals surface area contributed by atoms with Crippen molar-refractivity contribution in [2.45, 2.75) is 31.7 Å². The number of hydrogen-bond donors (Lipinski definition) is 1. The highest BCUT2D eigenvalue weighted by atomic mass is 32.2. The van der Waals surface area contributed by atoms with Gasteiger partial charge < -0.3 is 5.32 Å². The maximum Gasteiger partial charge on any atom is 0.243 e. The Morgan fingerprint density at radius 3 is 2.21 bits per heavy atom. The van der Waals surface area contributed by atoms with Gasteiger partial charge in [0.2, 0.25) is 15.9 Å². The predicted molar refractivity (Wildman–Crippen MR) is 111 cm³/mol. The normalized spacial score (nSPS) is 17.1. The van der Waals surface area contributed by atoms with E-state index in [1.807, 2.05) is 24.8 Å². The summed E-state index contributed by atoms with van der Waals surface area (Å²) in [7, 11) is -3.55. The van der Waals surface area contributed by atoms with Crippen LogP contribution in [0.4, 0.5) is 10.1 Å². The number of hydrogen-bond acceptors (Lipinski definition) is 4. The van der Waals surface area contributed by atoms with E-state index in [2.05, 4.69) is 5.32 Å². The first-order valence-corrected chi connectivity index (χ1v) is 11.0. The lowest BCUT2D eigenvalue weighted by atomic mass is 10.1. The SMILES string of the molecule is Cc1ccc(S(=O)(=O)N2CCN([C@H](C)C(=O)Nc3ccc(F)cc3)CC2)cc1C. The van der Waals surface area contributed by atoms with Gasteiger partial charge in [0.1, 0.15) is 5.82 Å².